The van der Waals surface area contributed by atoms with Gasteiger partial charge >= 0.3 is 0 Å². The molecule has 0 amide bonds. The second-order valence-electron chi connectivity index (χ2n) is 3.14. The minimum Gasteiger partial charge on any atom is -0.378 e. The quantitative estimate of drug-likeness (QED) is 0.739. The van der Waals surface area contributed by atoms with E-state index in [1.165, 1.54) is 4.88 Å². The smallest absolute Gasteiger partial charge is 0.0882 e. The second-order valence-corrected chi connectivity index (χ2v) is 4.49. The molecule has 4 heteroatoms. The van der Waals surface area contributed by atoms with Crippen LogP contribution in [-0.2, 0) is 6.54 Å². The van der Waals surface area contributed by atoms with Crippen LogP contribution in [-0.4, -0.2) is 4.98 Å². The third kappa shape index (κ3) is 1.06. The summed E-state index contributed by atoms with van der Waals surface area (Å²) in [4.78, 5) is 5.64. The van der Waals surface area contributed by atoms with E-state index in [9.17, 15) is 0 Å². The van der Waals surface area contributed by atoms with Crippen LogP contribution in [0.15, 0.2) is 23.7 Å². The van der Waals surface area contributed by atoms with Gasteiger partial charge in [0.2, 0.25) is 0 Å². The van der Waals surface area contributed by atoms with Gasteiger partial charge in [-0.2, -0.15) is 0 Å². The maximum absolute atomic E-state index is 6.09. The standard InChI is InChI=1S/C10H7ClN2S/c11-7-3-1-2-6-9(7)12-4-8-10(6)13-5-14-8/h1-3,5,12H,4H2. The molecule has 2 nitrogen and oxygen atoms in total. The van der Waals surface area contributed by atoms with Gasteiger partial charge in [-0.05, 0) is 6.07 Å². The maximum Gasteiger partial charge on any atom is 0.0882 e. The van der Waals surface area contributed by atoms with Gasteiger partial charge in [0.15, 0.2) is 0 Å². The molecule has 14 heavy (non-hydrogen) atoms. The fourth-order valence-corrected chi connectivity index (χ4v) is 2.64. The van der Waals surface area contributed by atoms with E-state index in [1.54, 1.807) is 11.3 Å². The molecule has 0 spiro atoms. The molecule has 1 aliphatic rings. The second kappa shape index (κ2) is 2.97. The van der Waals surface area contributed by atoms with Crippen molar-refractivity contribution in [2.75, 3.05) is 5.32 Å². The molecule has 0 radical (unpaired) electrons. The molecule has 70 valence electrons. The normalized spacial score (nSPS) is 12.9. The van der Waals surface area contributed by atoms with Crippen molar-refractivity contribution in [1.29, 1.82) is 0 Å². The van der Waals surface area contributed by atoms with Crippen molar-refractivity contribution in [3.05, 3.63) is 33.6 Å². The topological polar surface area (TPSA) is 24.9 Å². The van der Waals surface area contributed by atoms with E-state index < -0.39 is 0 Å². The van der Waals surface area contributed by atoms with Crippen LogP contribution in [0.2, 0.25) is 5.02 Å². The van der Waals surface area contributed by atoms with Crippen LogP contribution >= 0.6 is 22.9 Å². The number of hydrogen-bond acceptors (Lipinski definition) is 3. The number of aromatic nitrogens is 1. The maximum atomic E-state index is 6.09. The van der Waals surface area contributed by atoms with Gasteiger partial charge < -0.3 is 5.32 Å². The molecule has 0 saturated carbocycles. The van der Waals surface area contributed by atoms with Gasteiger partial charge in [-0.25, -0.2) is 4.98 Å². The highest BCUT2D eigenvalue weighted by Crippen LogP contribution is 2.39. The van der Waals surface area contributed by atoms with E-state index in [1.807, 2.05) is 23.7 Å². The Morgan fingerprint density at radius 2 is 2.36 bits per heavy atom. The van der Waals surface area contributed by atoms with Crippen LogP contribution < -0.4 is 5.32 Å². The number of halogens is 1. The van der Waals surface area contributed by atoms with Gasteiger partial charge in [-0.3, -0.25) is 0 Å². The molecule has 1 aromatic carbocycles. The van der Waals surface area contributed by atoms with Gasteiger partial charge in [0, 0.05) is 5.56 Å². The fourth-order valence-electron chi connectivity index (χ4n) is 1.69. The number of anilines is 1. The number of fused-ring (bicyclic) bond motifs is 3. The Morgan fingerprint density at radius 3 is 3.29 bits per heavy atom. The Balaban J connectivity index is 2.31. The summed E-state index contributed by atoms with van der Waals surface area (Å²) >= 11 is 7.77. The Labute approximate surface area is 90.6 Å². The highest BCUT2D eigenvalue weighted by Gasteiger charge is 2.19. The Bertz CT molecular complexity index is 493. The lowest BCUT2D eigenvalue weighted by Gasteiger charge is -2.18. The number of thiazole rings is 1. The Kier molecular flexibility index (Phi) is 1.75. The van der Waals surface area contributed by atoms with Crippen molar-refractivity contribution in [1.82, 2.24) is 4.98 Å². The number of nitrogens with one attached hydrogen (secondary N) is 1. The molecular formula is C10H7ClN2S. The highest BCUT2D eigenvalue weighted by molar-refractivity contribution is 7.10. The van der Waals surface area contributed by atoms with Crippen molar-refractivity contribution in [2.45, 2.75) is 6.54 Å². The van der Waals surface area contributed by atoms with E-state index in [-0.39, 0.29) is 0 Å². The highest BCUT2D eigenvalue weighted by atomic mass is 35.5. The summed E-state index contributed by atoms with van der Waals surface area (Å²) in [5.41, 5.74) is 5.07. The third-order valence-electron chi connectivity index (χ3n) is 2.34. The molecule has 0 aliphatic carbocycles. The van der Waals surface area contributed by atoms with Crippen LogP contribution in [0.5, 0.6) is 0 Å². The summed E-state index contributed by atoms with van der Waals surface area (Å²) < 4.78 is 0. The molecule has 0 bridgehead atoms. The number of benzene rings is 1. The molecule has 0 atom stereocenters. The van der Waals surface area contributed by atoms with E-state index in [4.69, 9.17) is 11.6 Å². The van der Waals surface area contributed by atoms with Crippen LogP contribution in [0, 0.1) is 0 Å². The van der Waals surface area contributed by atoms with Crippen LogP contribution in [0.1, 0.15) is 4.88 Å². The minimum absolute atomic E-state index is 0.765. The molecule has 2 heterocycles. The lowest BCUT2D eigenvalue weighted by molar-refractivity contribution is 1.15. The molecule has 0 fully saturated rings. The fraction of sp³-hybridized carbons (Fsp3) is 0.100. The lowest BCUT2D eigenvalue weighted by Crippen LogP contribution is -2.06. The molecular weight excluding hydrogens is 216 g/mol. The van der Waals surface area contributed by atoms with E-state index in [2.05, 4.69) is 10.3 Å². The summed E-state index contributed by atoms with van der Waals surface area (Å²) in [7, 11) is 0. The van der Waals surface area contributed by atoms with E-state index in [0.717, 1.165) is 28.5 Å². The lowest BCUT2D eigenvalue weighted by atomic mass is 10.1. The first-order valence-electron chi connectivity index (χ1n) is 4.31. The van der Waals surface area contributed by atoms with Crippen LogP contribution in [0.4, 0.5) is 5.69 Å². The van der Waals surface area contributed by atoms with Crippen molar-refractivity contribution < 1.29 is 0 Å². The summed E-state index contributed by atoms with van der Waals surface area (Å²) in [6.07, 6.45) is 0. The monoisotopic (exact) mass is 222 g/mol. The zero-order valence-corrected chi connectivity index (χ0v) is 8.82. The predicted octanol–water partition coefficient (Wildman–Crippen LogP) is 3.39. The average molecular weight is 223 g/mol. The summed E-state index contributed by atoms with van der Waals surface area (Å²) in [5.74, 6) is 0. The van der Waals surface area contributed by atoms with E-state index in [0.29, 0.717) is 0 Å². The van der Waals surface area contributed by atoms with Gasteiger partial charge in [-0.1, -0.05) is 23.7 Å². The van der Waals surface area contributed by atoms with Gasteiger partial charge in [0.25, 0.3) is 0 Å². The molecule has 2 aromatic rings. The summed E-state index contributed by atoms with van der Waals surface area (Å²) in [5, 5.41) is 4.08. The minimum atomic E-state index is 0.765. The molecule has 1 N–H and O–H groups in total. The third-order valence-corrected chi connectivity index (χ3v) is 3.48. The van der Waals surface area contributed by atoms with Crippen molar-refractivity contribution in [3.63, 3.8) is 0 Å². The first kappa shape index (κ1) is 8.26. The van der Waals surface area contributed by atoms with Crippen molar-refractivity contribution in [2.24, 2.45) is 0 Å². The van der Waals surface area contributed by atoms with Crippen LogP contribution in [0.25, 0.3) is 11.3 Å². The molecule has 1 aromatic heterocycles. The van der Waals surface area contributed by atoms with Crippen molar-refractivity contribution >= 4 is 28.6 Å². The van der Waals surface area contributed by atoms with Gasteiger partial charge in [0.05, 0.1) is 33.3 Å². The summed E-state index contributed by atoms with van der Waals surface area (Å²) in [6.45, 7) is 0.830. The van der Waals surface area contributed by atoms with Gasteiger partial charge in [-0.15, -0.1) is 11.3 Å². The number of para-hydroxylation sites is 1. The number of rotatable bonds is 0. The van der Waals surface area contributed by atoms with Gasteiger partial charge in [0.1, 0.15) is 0 Å². The average Bonchev–Trinajstić information content (AvgIpc) is 2.66. The zero-order valence-electron chi connectivity index (χ0n) is 7.25. The van der Waals surface area contributed by atoms with E-state index >= 15 is 0 Å². The molecule has 3 rings (SSSR count). The first-order valence-corrected chi connectivity index (χ1v) is 5.57. The number of hydrogen-bond donors (Lipinski definition) is 1. The predicted molar refractivity (Wildman–Crippen MR) is 59.9 cm³/mol. The summed E-state index contributed by atoms with van der Waals surface area (Å²) in [6, 6.07) is 5.90. The first-order chi connectivity index (χ1) is 6.86. The van der Waals surface area contributed by atoms with Crippen LogP contribution in [0.3, 0.4) is 0 Å². The number of nitrogens with zero attached hydrogens (tertiary/aromatic N) is 1. The molecule has 1 aliphatic heterocycles. The SMILES string of the molecule is Clc1cccc2c1NCc1scnc1-2. The van der Waals surface area contributed by atoms with Crippen molar-refractivity contribution in [3.8, 4) is 11.3 Å². The Morgan fingerprint density at radius 1 is 1.43 bits per heavy atom. The largest absolute Gasteiger partial charge is 0.378 e. The Hall–Kier alpha value is -1.06. The molecule has 0 unspecified atom stereocenters. The zero-order chi connectivity index (χ0) is 9.54. The molecule has 0 saturated heterocycles.